The van der Waals surface area contributed by atoms with Gasteiger partial charge in [-0.25, -0.2) is 0 Å². The second-order valence-electron chi connectivity index (χ2n) is 4.16. The standard InChI is InChI=1S/C15H18N2O2/c1-5-7-11-8-9-12(14(18)13(11)16-3)15(19)17(4)10-6-2/h1,7-9,18H,6,10H2,2-4H3/b11-7-,16-13?. The van der Waals surface area contributed by atoms with Crippen molar-refractivity contribution in [3.8, 4) is 12.3 Å². The van der Waals surface area contributed by atoms with Crippen LogP contribution in [0.3, 0.4) is 0 Å². The Morgan fingerprint density at radius 3 is 2.79 bits per heavy atom. The predicted molar refractivity (Wildman–Crippen MR) is 77.0 cm³/mol. The molecule has 1 N–H and O–H groups in total. The van der Waals surface area contributed by atoms with E-state index >= 15 is 0 Å². The van der Waals surface area contributed by atoms with Gasteiger partial charge in [0.25, 0.3) is 5.91 Å². The molecular formula is C15H18N2O2. The Bertz CT molecular complexity index is 531. The van der Waals surface area contributed by atoms with Gasteiger partial charge in [-0.05, 0) is 18.6 Å². The third-order valence-corrected chi connectivity index (χ3v) is 2.78. The van der Waals surface area contributed by atoms with Gasteiger partial charge >= 0.3 is 0 Å². The van der Waals surface area contributed by atoms with Crippen molar-refractivity contribution in [1.82, 2.24) is 4.90 Å². The number of carbonyl (C=O) groups is 1. The summed E-state index contributed by atoms with van der Waals surface area (Å²) in [6, 6.07) is 0. The van der Waals surface area contributed by atoms with Crippen LogP contribution in [-0.2, 0) is 4.79 Å². The first-order chi connectivity index (χ1) is 9.06. The molecule has 0 saturated carbocycles. The van der Waals surface area contributed by atoms with Crippen LogP contribution in [0.4, 0.5) is 0 Å². The van der Waals surface area contributed by atoms with Crippen molar-refractivity contribution in [2.24, 2.45) is 4.99 Å². The molecule has 0 atom stereocenters. The Morgan fingerprint density at radius 2 is 2.26 bits per heavy atom. The van der Waals surface area contributed by atoms with Gasteiger partial charge in [-0.15, -0.1) is 6.42 Å². The SMILES string of the molecule is C#C/C=C1/C=CC(C(=O)N(C)CCC)=C(O)C1=NC. The minimum Gasteiger partial charge on any atom is -0.505 e. The number of nitrogens with zero attached hydrogens (tertiary/aromatic N) is 2. The van der Waals surface area contributed by atoms with Crippen molar-refractivity contribution >= 4 is 11.6 Å². The fourth-order valence-corrected chi connectivity index (χ4v) is 1.85. The van der Waals surface area contributed by atoms with Gasteiger partial charge in [0.1, 0.15) is 5.71 Å². The Morgan fingerprint density at radius 1 is 1.58 bits per heavy atom. The van der Waals surface area contributed by atoms with Crippen LogP contribution in [0.1, 0.15) is 13.3 Å². The third kappa shape index (κ3) is 3.14. The average molecular weight is 258 g/mol. The fraction of sp³-hybridized carbons (Fsp3) is 0.333. The van der Waals surface area contributed by atoms with Gasteiger partial charge in [-0.3, -0.25) is 9.79 Å². The highest BCUT2D eigenvalue weighted by atomic mass is 16.3. The molecular weight excluding hydrogens is 240 g/mol. The molecule has 0 aromatic rings. The van der Waals surface area contributed by atoms with Crippen LogP contribution in [0.5, 0.6) is 0 Å². The summed E-state index contributed by atoms with van der Waals surface area (Å²) in [5.41, 5.74) is 1.21. The molecule has 4 heteroatoms. The van der Waals surface area contributed by atoms with E-state index in [1.54, 1.807) is 31.1 Å². The first kappa shape index (κ1) is 14.8. The molecule has 0 bridgehead atoms. The van der Waals surface area contributed by atoms with E-state index in [1.165, 1.54) is 6.08 Å². The van der Waals surface area contributed by atoms with Crippen molar-refractivity contribution in [2.75, 3.05) is 20.6 Å². The van der Waals surface area contributed by atoms with Crippen molar-refractivity contribution in [2.45, 2.75) is 13.3 Å². The van der Waals surface area contributed by atoms with Crippen LogP contribution in [0.15, 0.2) is 40.1 Å². The van der Waals surface area contributed by atoms with E-state index in [0.29, 0.717) is 17.8 Å². The molecule has 0 aliphatic heterocycles. The van der Waals surface area contributed by atoms with Crippen LogP contribution < -0.4 is 0 Å². The normalized spacial score (nSPS) is 18.8. The lowest BCUT2D eigenvalue weighted by atomic mass is 9.97. The van der Waals surface area contributed by atoms with Crippen molar-refractivity contribution in [3.05, 3.63) is 35.1 Å². The van der Waals surface area contributed by atoms with Gasteiger partial charge in [0.2, 0.25) is 0 Å². The van der Waals surface area contributed by atoms with E-state index in [1.807, 2.05) is 6.92 Å². The monoisotopic (exact) mass is 258 g/mol. The number of aliphatic hydroxyl groups excluding tert-OH is 1. The first-order valence-corrected chi connectivity index (χ1v) is 6.07. The smallest absolute Gasteiger partial charge is 0.257 e. The molecule has 0 unspecified atom stereocenters. The van der Waals surface area contributed by atoms with E-state index in [-0.39, 0.29) is 17.2 Å². The Kier molecular flexibility index (Phi) is 5.13. The van der Waals surface area contributed by atoms with E-state index < -0.39 is 0 Å². The van der Waals surface area contributed by atoms with Gasteiger partial charge in [0.15, 0.2) is 5.76 Å². The van der Waals surface area contributed by atoms with E-state index in [2.05, 4.69) is 10.9 Å². The molecule has 4 nitrogen and oxygen atoms in total. The number of hydrogen-bond donors (Lipinski definition) is 1. The molecule has 0 radical (unpaired) electrons. The molecule has 1 aliphatic carbocycles. The molecule has 0 aromatic carbocycles. The summed E-state index contributed by atoms with van der Waals surface area (Å²) in [5, 5.41) is 10.2. The highest BCUT2D eigenvalue weighted by Crippen LogP contribution is 2.20. The van der Waals surface area contributed by atoms with Crippen LogP contribution in [-0.4, -0.2) is 42.3 Å². The summed E-state index contributed by atoms with van der Waals surface area (Å²) in [7, 11) is 3.25. The molecule has 0 aromatic heterocycles. The van der Waals surface area contributed by atoms with E-state index in [4.69, 9.17) is 6.42 Å². The second-order valence-corrected chi connectivity index (χ2v) is 4.16. The van der Waals surface area contributed by atoms with Crippen molar-refractivity contribution in [1.29, 1.82) is 0 Å². The van der Waals surface area contributed by atoms with Crippen molar-refractivity contribution < 1.29 is 9.90 Å². The largest absolute Gasteiger partial charge is 0.505 e. The quantitative estimate of drug-likeness (QED) is 0.786. The highest BCUT2D eigenvalue weighted by Gasteiger charge is 2.24. The average Bonchev–Trinajstić information content (AvgIpc) is 2.39. The van der Waals surface area contributed by atoms with Gasteiger partial charge in [0.05, 0.1) is 5.57 Å². The molecule has 100 valence electrons. The topological polar surface area (TPSA) is 52.9 Å². The lowest BCUT2D eigenvalue weighted by Crippen LogP contribution is -2.30. The number of terminal acetylenes is 1. The molecule has 1 amide bonds. The maximum atomic E-state index is 12.2. The summed E-state index contributed by atoms with van der Waals surface area (Å²) in [4.78, 5) is 17.7. The van der Waals surface area contributed by atoms with Crippen LogP contribution >= 0.6 is 0 Å². The van der Waals surface area contributed by atoms with E-state index in [0.717, 1.165) is 6.42 Å². The molecule has 0 fully saturated rings. The summed E-state index contributed by atoms with van der Waals surface area (Å²) < 4.78 is 0. The Hall–Kier alpha value is -2.28. The summed E-state index contributed by atoms with van der Waals surface area (Å²) in [5.74, 6) is 2.04. The lowest BCUT2D eigenvalue weighted by molar-refractivity contribution is -0.125. The molecule has 19 heavy (non-hydrogen) atoms. The zero-order chi connectivity index (χ0) is 14.4. The van der Waals surface area contributed by atoms with Gasteiger partial charge < -0.3 is 10.0 Å². The zero-order valence-electron chi connectivity index (χ0n) is 11.5. The summed E-state index contributed by atoms with van der Waals surface area (Å²) in [6.07, 6.45) is 10.8. The van der Waals surface area contributed by atoms with Gasteiger partial charge in [0, 0.05) is 26.2 Å². The number of aliphatic hydroxyl groups is 1. The van der Waals surface area contributed by atoms with Crippen LogP contribution in [0.25, 0.3) is 0 Å². The fourth-order valence-electron chi connectivity index (χ4n) is 1.85. The zero-order valence-corrected chi connectivity index (χ0v) is 11.5. The maximum Gasteiger partial charge on any atom is 0.257 e. The van der Waals surface area contributed by atoms with Gasteiger partial charge in [-0.2, -0.15) is 0 Å². The summed E-state index contributed by atoms with van der Waals surface area (Å²) >= 11 is 0. The number of aliphatic imine (C=N–C) groups is 1. The molecule has 1 rings (SSSR count). The summed E-state index contributed by atoms with van der Waals surface area (Å²) in [6.45, 7) is 2.62. The van der Waals surface area contributed by atoms with Gasteiger partial charge in [-0.1, -0.05) is 18.9 Å². The van der Waals surface area contributed by atoms with Crippen LogP contribution in [0, 0.1) is 12.3 Å². The minimum absolute atomic E-state index is 0.126. The third-order valence-electron chi connectivity index (χ3n) is 2.78. The minimum atomic E-state index is -0.225. The molecule has 1 aliphatic rings. The number of allylic oxidation sites excluding steroid dienone is 3. The second kappa shape index (κ2) is 6.60. The number of carbonyl (C=O) groups excluding carboxylic acids is 1. The van der Waals surface area contributed by atoms with Crippen LogP contribution in [0.2, 0.25) is 0 Å². The molecule has 0 spiro atoms. The number of rotatable bonds is 3. The highest BCUT2D eigenvalue weighted by molar-refractivity contribution is 6.19. The predicted octanol–water partition coefficient (Wildman–Crippen LogP) is 1.87. The molecule has 0 heterocycles. The molecule has 0 saturated heterocycles. The number of amides is 1. The lowest BCUT2D eigenvalue weighted by Gasteiger charge is -2.20. The number of likely N-dealkylation sites (N-methyl/N-ethyl adjacent to an activating group) is 1. The first-order valence-electron chi connectivity index (χ1n) is 6.07. The van der Waals surface area contributed by atoms with E-state index in [9.17, 15) is 9.90 Å². The maximum absolute atomic E-state index is 12.2. The Labute approximate surface area is 113 Å². The number of hydrogen-bond acceptors (Lipinski definition) is 3. The van der Waals surface area contributed by atoms with Crippen molar-refractivity contribution in [3.63, 3.8) is 0 Å². The Balaban J connectivity index is 3.15.